The van der Waals surface area contributed by atoms with Gasteiger partial charge in [0.15, 0.2) is 18.1 Å². The van der Waals surface area contributed by atoms with E-state index in [4.69, 9.17) is 9.47 Å². The molecule has 3 aromatic carbocycles. The zero-order valence-electron chi connectivity index (χ0n) is 17.7. The summed E-state index contributed by atoms with van der Waals surface area (Å²) in [7, 11) is 0. The van der Waals surface area contributed by atoms with E-state index in [-0.39, 0.29) is 18.2 Å². The lowest BCUT2D eigenvalue weighted by Gasteiger charge is -2.14. The summed E-state index contributed by atoms with van der Waals surface area (Å²) in [6.45, 7) is 1.81. The van der Waals surface area contributed by atoms with Crippen molar-refractivity contribution in [3.63, 3.8) is 0 Å². The van der Waals surface area contributed by atoms with Crippen molar-refractivity contribution in [1.29, 1.82) is 0 Å². The summed E-state index contributed by atoms with van der Waals surface area (Å²) >= 11 is 3.41. The molecule has 0 radical (unpaired) electrons. The van der Waals surface area contributed by atoms with E-state index < -0.39 is 11.7 Å². The predicted octanol–water partition coefficient (Wildman–Crippen LogP) is 4.77. The summed E-state index contributed by atoms with van der Waals surface area (Å²) in [6.07, 6.45) is 1.46. The van der Waals surface area contributed by atoms with Gasteiger partial charge in [-0.05, 0) is 64.8 Å². The Morgan fingerprint density at radius 1 is 1.06 bits per heavy atom. The molecule has 0 saturated carbocycles. The molecule has 170 valence electrons. The van der Waals surface area contributed by atoms with Gasteiger partial charge in [0.1, 0.15) is 5.82 Å². The summed E-state index contributed by atoms with van der Waals surface area (Å²) in [5, 5.41) is 6.44. The Balaban J connectivity index is 1.67. The first-order valence-electron chi connectivity index (χ1n) is 10.00. The van der Waals surface area contributed by atoms with Gasteiger partial charge in [0.2, 0.25) is 0 Å². The minimum atomic E-state index is -0.537. The quantitative estimate of drug-likeness (QED) is 0.318. The van der Waals surface area contributed by atoms with Gasteiger partial charge in [-0.25, -0.2) is 9.82 Å². The maximum atomic E-state index is 13.7. The fraction of sp³-hybridized carbons (Fsp3) is 0.125. The molecule has 0 fully saturated rings. The molecule has 2 amide bonds. The van der Waals surface area contributed by atoms with Crippen LogP contribution in [0.15, 0.2) is 76.3 Å². The van der Waals surface area contributed by atoms with Crippen molar-refractivity contribution in [3.05, 3.63) is 88.1 Å². The lowest BCUT2D eigenvalue weighted by Crippen LogP contribution is -2.21. The van der Waals surface area contributed by atoms with Crippen LogP contribution >= 0.6 is 15.9 Å². The standard InChI is InChI=1S/C24H21BrFN3O4/c1-2-32-21-13-16(14-27-29-24(31)17-8-4-3-5-9-17)12-18(25)23(21)33-15-22(30)28-20-11-7-6-10-19(20)26/h3-14H,2,15H2,1H3,(H,28,30)(H,29,31)/b27-14+. The zero-order valence-corrected chi connectivity index (χ0v) is 19.3. The number of carbonyl (C=O) groups excluding carboxylic acids is 2. The van der Waals surface area contributed by atoms with Crippen LogP contribution in [0.2, 0.25) is 0 Å². The minimum Gasteiger partial charge on any atom is -0.490 e. The number of ether oxygens (including phenoxy) is 2. The summed E-state index contributed by atoms with van der Waals surface area (Å²) in [5.74, 6) is -0.710. The van der Waals surface area contributed by atoms with Crippen LogP contribution < -0.4 is 20.2 Å². The maximum Gasteiger partial charge on any atom is 0.271 e. The molecule has 0 spiro atoms. The summed E-state index contributed by atoms with van der Waals surface area (Å²) in [4.78, 5) is 24.3. The van der Waals surface area contributed by atoms with Gasteiger partial charge in [-0.3, -0.25) is 9.59 Å². The van der Waals surface area contributed by atoms with Crippen molar-refractivity contribution in [3.8, 4) is 11.5 Å². The van der Waals surface area contributed by atoms with Gasteiger partial charge in [-0.15, -0.1) is 0 Å². The molecular weight excluding hydrogens is 493 g/mol. The molecular formula is C24H21BrFN3O4. The van der Waals surface area contributed by atoms with Crippen molar-refractivity contribution < 1.29 is 23.5 Å². The summed E-state index contributed by atoms with van der Waals surface area (Å²) in [5.41, 5.74) is 3.64. The van der Waals surface area contributed by atoms with E-state index in [1.54, 1.807) is 42.5 Å². The molecule has 3 aromatic rings. The van der Waals surface area contributed by atoms with Crippen molar-refractivity contribution in [2.45, 2.75) is 6.92 Å². The Labute approximate surface area is 198 Å². The highest BCUT2D eigenvalue weighted by Gasteiger charge is 2.15. The first kappa shape index (κ1) is 23.9. The highest BCUT2D eigenvalue weighted by atomic mass is 79.9. The fourth-order valence-corrected chi connectivity index (χ4v) is 3.35. The molecule has 0 aromatic heterocycles. The largest absolute Gasteiger partial charge is 0.490 e. The van der Waals surface area contributed by atoms with Crippen molar-refractivity contribution in [1.82, 2.24) is 5.43 Å². The molecule has 7 nitrogen and oxygen atoms in total. The van der Waals surface area contributed by atoms with Crippen LogP contribution in [-0.4, -0.2) is 31.2 Å². The molecule has 0 atom stereocenters. The average Bonchev–Trinajstić information content (AvgIpc) is 2.81. The number of hydrazone groups is 1. The summed E-state index contributed by atoms with van der Waals surface area (Å²) < 4.78 is 25.5. The first-order chi connectivity index (χ1) is 16.0. The van der Waals surface area contributed by atoms with Gasteiger partial charge in [0.25, 0.3) is 11.8 Å². The SMILES string of the molecule is CCOc1cc(/C=N/NC(=O)c2ccccc2)cc(Br)c1OCC(=O)Nc1ccccc1F. The average molecular weight is 514 g/mol. The maximum absolute atomic E-state index is 13.7. The topological polar surface area (TPSA) is 89.0 Å². The Hall–Kier alpha value is -3.72. The number of hydrogen-bond donors (Lipinski definition) is 2. The van der Waals surface area contributed by atoms with Crippen LogP contribution in [0.1, 0.15) is 22.8 Å². The van der Waals surface area contributed by atoms with Gasteiger partial charge in [-0.1, -0.05) is 30.3 Å². The van der Waals surface area contributed by atoms with E-state index in [0.717, 1.165) is 0 Å². The molecule has 0 aliphatic rings. The number of nitrogens with one attached hydrogen (secondary N) is 2. The number of hydrogen-bond acceptors (Lipinski definition) is 5. The van der Waals surface area contributed by atoms with Gasteiger partial charge in [0, 0.05) is 5.56 Å². The monoisotopic (exact) mass is 513 g/mol. The number of halogens is 2. The van der Waals surface area contributed by atoms with E-state index in [1.165, 1.54) is 24.4 Å². The molecule has 0 aliphatic carbocycles. The zero-order chi connectivity index (χ0) is 23.6. The Morgan fingerprint density at radius 2 is 1.79 bits per heavy atom. The Kier molecular flexibility index (Phi) is 8.54. The third-order valence-electron chi connectivity index (χ3n) is 4.24. The number of para-hydroxylation sites is 1. The lowest BCUT2D eigenvalue weighted by atomic mass is 10.2. The molecule has 3 rings (SSSR count). The molecule has 0 saturated heterocycles. The van der Waals surface area contributed by atoms with Crippen LogP contribution in [-0.2, 0) is 4.79 Å². The van der Waals surface area contributed by atoms with Gasteiger partial charge < -0.3 is 14.8 Å². The highest BCUT2D eigenvalue weighted by molar-refractivity contribution is 9.10. The smallest absolute Gasteiger partial charge is 0.271 e. The van der Waals surface area contributed by atoms with Gasteiger partial charge >= 0.3 is 0 Å². The van der Waals surface area contributed by atoms with Crippen LogP contribution in [0.5, 0.6) is 11.5 Å². The minimum absolute atomic E-state index is 0.0688. The number of nitrogens with zero attached hydrogens (tertiary/aromatic N) is 1. The van der Waals surface area contributed by atoms with Crippen molar-refractivity contribution in [2.75, 3.05) is 18.5 Å². The molecule has 0 unspecified atom stereocenters. The lowest BCUT2D eigenvalue weighted by molar-refractivity contribution is -0.118. The van der Waals surface area contributed by atoms with Crippen LogP contribution in [0.3, 0.4) is 0 Å². The van der Waals surface area contributed by atoms with Crippen molar-refractivity contribution >= 4 is 39.6 Å². The Bertz CT molecular complexity index is 1160. The highest BCUT2D eigenvalue weighted by Crippen LogP contribution is 2.36. The molecule has 0 bridgehead atoms. The molecule has 33 heavy (non-hydrogen) atoms. The first-order valence-corrected chi connectivity index (χ1v) is 10.8. The number of benzene rings is 3. The Morgan fingerprint density at radius 3 is 2.52 bits per heavy atom. The van der Waals surface area contributed by atoms with Crippen LogP contribution in [0.4, 0.5) is 10.1 Å². The number of rotatable bonds is 9. The van der Waals surface area contributed by atoms with Crippen LogP contribution in [0, 0.1) is 5.82 Å². The van der Waals surface area contributed by atoms with Crippen molar-refractivity contribution in [2.24, 2.45) is 5.10 Å². The molecule has 9 heteroatoms. The summed E-state index contributed by atoms with van der Waals surface area (Å²) in [6, 6.07) is 17.9. The normalized spacial score (nSPS) is 10.6. The van der Waals surface area contributed by atoms with E-state index in [2.05, 4.69) is 31.8 Å². The number of amides is 2. The second-order valence-corrected chi connectivity index (χ2v) is 7.50. The van der Waals surface area contributed by atoms with E-state index in [1.807, 2.05) is 13.0 Å². The predicted molar refractivity (Wildman–Crippen MR) is 127 cm³/mol. The molecule has 0 aliphatic heterocycles. The third kappa shape index (κ3) is 6.88. The van der Waals surface area contributed by atoms with E-state index in [9.17, 15) is 14.0 Å². The fourth-order valence-electron chi connectivity index (χ4n) is 2.77. The second kappa shape index (κ2) is 11.8. The molecule has 0 heterocycles. The van der Waals surface area contributed by atoms with Gasteiger partial charge in [-0.2, -0.15) is 5.10 Å². The van der Waals surface area contributed by atoms with Gasteiger partial charge in [0.05, 0.1) is 23.0 Å². The third-order valence-corrected chi connectivity index (χ3v) is 4.83. The number of carbonyl (C=O) groups is 2. The van der Waals surface area contributed by atoms with Crippen LogP contribution in [0.25, 0.3) is 0 Å². The second-order valence-electron chi connectivity index (χ2n) is 6.64. The van der Waals surface area contributed by atoms with E-state index >= 15 is 0 Å². The number of anilines is 1. The molecule has 2 N–H and O–H groups in total. The van der Waals surface area contributed by atoms with E-state index in [0.29, 0.717) is 33.7 Å².